The van der Waals surface area contributed by atoms with Crippen molar-refractivity contribution in [2.24, 2.45) is 0 Å². The van der Waals surface area contributed by atoms with Gasteiger partial charge in [-0.05, 0) is 33.1 Å². The van der Waals surface area contributed by atoms with Crippen LogP contribution in [0.4, 0.5) is 0 Å². The number of hydrogen-bond acceptors (Lipinski definition) is 3. The van der Waals surface area contributed by atoms with Crippen LogP contribution in [-0.4, -0.2) is 48.8 Å². The summed E-state index contributed by atoms with van der Waals surface area (Å²) in [5.41, 5.74) is 0.339. The van der Waals surface area contributed by atoms with Crippen LogP contribution in [0.25, 0.3) is 0 Å². The van der Waals surface area contributed by atoms with Crippen molar-refractivity contribution in [2.45, 2.75) is 71.6 Å². The van der Waals surface area contributed by atoms with Gasteiger partial charge in [0.15, 0.2) is 0 Å². The second-order valence-electron chi connectivity index (χ2n) is 5.78. The van der Waals surface area contributed by atoms with E-state index in [1.54, 1.807) is 0 Å². The van der Waals surface area contributed by atoms with Gasteiger partial charge in [-0.3, -0.25) is 4.90 Å². The van der Waals surface area contributed by atoms with Crippen molar-refractivity contribution >= 4 is 0 Å². The lowest BCUT2D eigenvalue weighted by Crippen LogP contribution is -2.64. The van der Waals surface area contributed by atoms with Gasteiger partial charge in [0.25, 0.3) is 0 Å². The monoisotopic (exact) mass is 256 g/mol. The summed E-state index contributed by atoms with van der Waals surface area (Å²) in [5.74, 6) is 0. The normalized spacial score (nSPS) is 24.7. The molecule has 0 spiro atoms. The molecule has 1 heterocycles. The lowest BCUT2D eigenvalue weighted by molar-refractivity contribution is -0.00794. The maximum atomic E-state index is 5.73. The number of ether oxygens (including phenoxy) is 1. The Labute approximate surface area is 113 Å². The molecular formula is C15H32N2O. The molecule has 1 unspecified atom stereocenters. The summed E-state index contributed by atoms with van der Waals surface area (Å²) in [6.07, 6.45) is 3.99. The molecule has 0 aliphatic carbocycles. The fraction of sp³-hybridized carbons (Fsp3) is 1.00. The van der Waals surface area contributed by atoms with Crippen molar-refractivity contribution < 1.29 is 4.74 Å². The Hall–Kier alpha value is -0.120. The predicted octanol–water partition coefficient (Wildman–Crippen LogP) is 2.65. The summed E-state index contributed by atoms with van der Waals surface area (Å²) in [6, 6.07) is 0.648. The van der Waals surface area contributed by atoms with Crippen LogP contribution in [0.3, 0.4) is 0 Å². The Kier molecular flexibility index (Phi) is 6.61. The second-order valence-corrected chi connectivity index (χ2v) is 5.78. The third kappa shape index (κ3) is 3.94. The average Bonchev–Trinajstić information content (AvgIpc) is 2.38. The van der Waals surface area contributed by atoms with Crippen molar-refractivity contribution in [3.63, 3.8) is 0 Å². The van der Waals surface area contributed by atoms with Gasteiger partial charge in [0.05, 0.1) is 12.7 Å². The van der Waals surface area contributed by atoms with Crippen molar-refractivity contribution in [1.29, 1.82) is 0 Å². The summed E-state index contributed by atoms with van der Waals surface area (Å²) in [5, 5.41) is 3.71. The van der Waals surface area contributed by atoms with E-state index in [4.69, 9.17) is 4.74 Å². The van der Waals surface area contributed by atoms with E-state index < -0.39 is 0 Å². The molecule has 0 amide bonds. The molecule has 0 radical (unpaired) electrons. The molecule has 0 aromatic rings. The molecule has 1 fully saturated rings. The zero-order chi connectivity index (χ0) is 13.6. The van der Waals surface area contributed by atoms with Gasteiger partial charge in [0.1, 0.15) is 0 Å². The van der Waals surface area contributed by atoms with Crippen LogP contribution >= 0.6 is 0 Å². The van der Waals surface area contributed by atoms with Crippen molar-refractivity contribution in [3.8, 4) is 0 Å². The summed E-state index contributed by atoms with van der Waals surface area (Å²) in [7, 11) is 0. The van der Waals surface area contributed by atoms with E-state index in [2.05, 4.69) is 44.8 Å². The van der Waals surface area contributed by atoms with Gasteiger partial charge in [0, 0.05) is 31.2 Å². The molecule has 1 rings (SSSR count). The average molecular weight is 256 g/mol. The molecule has 0 aromatic heterocycles. The second kappa shape index (κ2) is 7.46. The van der Waals surface area contributed by atoms with Crippen LogP contribution in [0.5, 0.6) is 0 Å². The van der Waals surface area contributed by atoms with Gasteiger partial charge in [-0.25, -0.2) is 0 Å². The van der Waals surface area contributed by atoms with Gasteiger partial charge >= 0.3 is 0 Å². The predicted molar refractivity (Wildman–Crippen MR) is 78.1 cm³/mol. The molecule has 1 saturated heterocycles. The zero-order valence-corrected chi connectivity index (χ0v) is 13.0. The van der Waals surface area contributed by atoms with E-state index in [0.717, 1.165) is 19.7 Å². The van der Waals surface area contributed by atoms with Gasteiger partial charge < -0.3 is 10.1 Å². The quantitative estimate of drug-likeness (QED) is 0.758. The summed E-state index contributed by atoms with van der Waals surface area (Å²) >= 11 is 0. The van der Waals surface area contributed by atoms with Crippen LogP contribution in [0.1, 0.15) is 53.9 Å². The smallest absolute Gasteiger partial charge is 0.0597 e. The van der Waals surface area contributed by atoms with Gasteiger partial charge in [0.2, 0.25) is 0 Å². The lowest BCUT2D eigenvalue weighted by atomic mass is 9.87. The number of piperazine rings is 1. The topological polar surface area (TPSA) is 24.5 Å². The van der Waals surface area contributed by atoms with Crippen molar-refractivity contribution in [3.05, 3.63) is 0 Å². The van der Waals surface area contributed by atoms with E-state index in [1.165, 1.54) is 25.8 Å². The Balaban J connectivity index is 2.59. The highest BCUT2D eigenvalue weighted by Crippen LogP contribution is 2.27. The highest BCUT2D eigenvalue weighted by molar-refractivity contribution is 4.97. The minimum atomic E-state index is 0.339. The van der Waals surface area contributed by atoms with Crippen LogP contribution in [0, 0.1) is 0 Å². The van der Waals surface area contributed by atoms with Gasteiger partial charge in [-0.15, -0.1) is 0 Å². The molecule has 18 heavy (non-hydrogen) atoms. The third-order valence-electron chi connectivity index (χ3n) is 4.45. The fourth-order valence-electron chi connectivity index (χ4n) is 2.92. The van der Waals surface area contributed by atoms with Gasteiger partial charge in [-0.1, -0.05) is 20.8 Å². The highest BCUT2D eigenvalue weighted by Gasteiger charge is 2.37. The van der Waals surface area contributed by atoms with Crippen molar-refractivity contribution in [2.75, 3.05) is 26.2 Å². The first-order chi connectivity index (χ1) is 8.57. The SMILES string of the molecule is CCC1CN(CCOC(C)C)C(CC)(CC)CN1. The standard InChI is InChI=1S/C15H32N2O/c1-6-14-11-17(9-10-18-13(4)5)15(7-2,8-3)12-16-14/h13-14,16H,6-12H2,1-5H3. The van der Waals surface area contributed by atoms with Gasteiger partial charge in [-0.2, -0.15) is 0 Å². The highest BCUT2D eigenvalue weighted by atomic mass is 16.5. The number of nitrogens with zero attached hydrogens (tertiary/aromatic N) is 1. The van der Waals surface area contributed by atoms with Crippen LogP contribution in [0.2, 0.25) is 0 Å². The Bertz CT molecular complexity index is 227. The van der Waals surface area contributed by atoms with E-state index in [1.807, 2.05) is 0 Å². The largest absolute Gasteiger partial charge is 0.377 e. The first-order valence-corrected chi connectivity index (χ1v) is 7.68. The molecular weight excluding hydrogens is 224 g/mol. The third-order valence-corrected chi connectivity index (χ3v) is 4.45. The molecule has 0 aromatic carbocycles. The van der Waals surface area contributed by atoms with Crippen LogP contribution < -0.4 is 5.32 Å². The first-order valence-electron chi connectivity index (χ1n) is 7.68. The Morgan fingerprint density at radius 3 is 2.44 bits per heavy atom. The maximum absolute atomic E-state index is 5.73. The molecule has 3 nitrogen and oxygen atoms in total. The van der Waals surface area contributed by atoms with Crippen LogP contribution in [0.15, 0.2) is 0 Å². The molecule has 1 atom stereocenters. The number of hydrogen-bond donors (Lipinski definition) is 1. The Morgan fingerprint density at radius 1 is 1.28 bits per heavy atom. The van der Waals surface area contributed by atoms with E-state index in [0.29, 0.717) is 17.7 Å². The van der Waals surface area contributed by atoms with Crippen LogP contribution in [-0.2, 0) is 4.74 Å². The molecule has 108 valence electrons. The number of rotatable bonds is 7. The lowest BCUT2D eigenvalue weighted by Gasteiger charge is -2.49. The molecule has 1 N–H and O–H groups in total. The van der Waals surface area contributed by atoms with E-state index in [9.17, 15) is 0 Å². The Morgan fingerprint density at radius 2 is 1.94 bits per heavy atom. The van der Waals surface area contributed by atoms with E-state index in [-0.39, 0.29) is 0 Å². The fourth-order valence-corrected chi connectivity index (χ4v) is 2.92. The summed E-state index contributed by atoms with van der Waals surface area (Å²) < 4.78 is 5.73. The molecule has 3 heteroatoms. The van der Waals surface area contributed by atoms with Crippen molar-refractivity contribution in [1.82, 2.24) is 10.2 Å². The minimum absolute atomic E-state index is 0.339. The van der Waals surface area contributed by atoms with E-state index >= 15 is 0 Å². The first kappa shape index (κ1) is 15.9. The molecule has 1 aliphatic heterocycles. The minimum Gasteiger partial charge on any atom is -0.377 e. The zero-order valence-electron chi connectivity index (χ0n) is 13.0. The molecule has 0 saturated carbocycles. The maximum Gasteiger partial charge on any atom is 0.0597 e. The molecule has 1 aliphatic rings. The summed E-state index contributed by atoms with van der Waals surface area (Å²) in [4.78, 5) is 2.67. The molecule has 0 bridgehead atoms. The number of nitrogens with one attached hydrogen (secondary N) is 1. The summed E-state index contributed by atoms with van der Waals surface area (Å²) in [6.45, 7) is 15.3.